The number of carboxylic acids is 1. The van der Waals surface area contributed by atoms with E-state index in [1.54, 1.807) is 30.2 Å². The largest absolute Gasteiger partial charge is 0.476 e. The summed E-state index contributed by atoms with van der Waals surface area (Å²) in [5.41, 5.74) is 0.895. The molecule has 2 aromatic heterocycles. The van der Waals surface area contributed by atoms with E-state index < -0.39 is 5.97 Å². The minimum atomic E-state index is -1.07. The van der Waals surface area contributed by atoms with E-state index in [2.05, 4.69) is 10.3 Å². The van der Waals surface area contributed by atoms with Crippen LogP contribution in [0.3, 0.4) is 0 Å². The molecule has 2 amide bonds. The van der Waals surface area contributed by atoms with Gasteiger partial charge in [-0.05, 0) is 6.07 Å². The summed E-state index contributed by atoms with van der Waals surface area (Å²) in [5, 5.41) is 11.5. The van der Waals surface area contributed by atoms with Crippen molar-refractivity contribution in [3.63, 3.8) is 0 Å². The first-order chi connectivity index (χ1) is 10.1. The molecular weight excluding hydrogens is 276 g/mol. The normalized spacial score (nSPS) is 10.3. The molecule has 2 rings (SSSR count). The Morgan fingerprint density at radius 2 is 2.33 bits per heavy atom. The van der Waals surface area contributed by atoms with Crippen molar-refractivity contribution in [3.05, 3.63) is 42.4 Å². The van der Waals surface area contributed by atoms with Gasteiger partial charge in [-0.15, -0.1) is 0 Å². The number of carboxylic acid groups (broad SMARTS) is 1. The van der Waals surface area contributed by atoms with Gasteiger partial charge in [0.2, 0.25) is 0 Å². The third-order valence-corrected chi connectivity index (χ3v) is 2.85. The highest BCUT2D eigenvalue weighted by molar-refractivity contribution is 5.84. The molecule has 0 bridgehead atoms. The number of carbonyl (C=O) groups is 2. The second-order valence-electron chi connectivity index (χ2n) is 4.52. The van der Waals surface area contributed by atoms with E-state index in [0.717, 1.165) is 5.56 Å². The van der Waals surface area contributed by atoms with Gasteiger partial charge in [0.1, 0.15) is 0 Å². The lowest BCUT2D eigenvalue weighted by Crippen LogP contribution is -2.38. The van der Waals surface area contributed by atoms with Crippen molar-refractivity contribution < 1.29 is 19.1 Å². The molecule has 112 valence electrons. The first-order valence-electron chi connectivity index (χ1n) is 6.31. The van der Waals surface area contributed by atoms with Gasteiger partial charge in [-0.2, -0.15) is 0 Å². The highest BCUT2D eigenvalue weighted by Gasteiger charge is 2.10. The van der Waals surface area contributed by atoms with Gasteiger partial charge in [-0.25, -0.2) is 14.6 Å². The van der Waals surface area contributed by atoms with Gasteiger partial charge in [-0.1, -0.05) is 0 Å². The highest BCUT2D eigenvalue weighted by atomic mass is 16.4. The summed E-state index contributed by atoms with van der Waals surface area (Å²) >= 11 is 0. The SMILES string of the molecule is CN(Cc1ccoc1)C(=O)NCCn1cnc(C(=O)O)c1. The van der Waals surface area contributed by atoms with E-state index in [1.807, 2.05) is 0 Å². The minimum absolute atomic E-state index is 0.0154. The maximum absolute atomic E-state index is 11.8. The summed E-state index contributed by atoms with van der Waals surface area (Å²) in [5.74, 6) is -1.07. The van der Waals surface area contributed by atoms with Crippen LogP contribution in [0, 0.1) is 0 Å². The van der Waals surface area contributed by atoms with E-state index in [0.29, 0.717) is 19.6 Å². The van der Waals surface area contributed by atoms with Crippen LogP contribution in [-0.2, 0) is 13.1 Å². The summed E-state index contributed by atoms with van der Waals surface area (Å²) < 4.78 is 6.55. The van der Waals surface area contributed by atoms with Crippen LogP contribution >= 0.6 is 0 Å². The van der Waals surface area contributed by atoms with Crippen molar-refractivity contribution >= 4 is 12.0 Å². The number of aromatic carboxylic acids is 1. The van der Waals surface area contributed by atoms with Crippen LogP contribution in [0.2, 0.25) is 0 Å². The molecule has 0 unspecified atom stereocenters. The highest BCUT2D eigenvalue weighted by Crippen LogP contribution is 2.03. The molecule has 0 atom stereocenters. The first-order valence-corrected chi connectivity index (χ1v) is 6.31. The van der Waals surface area contributed by atoms with E-state index in [9.17, 15) is 9.59 Å². The van der Waals surface area contributed by atoms with Gasteiger partial charge >= 0.3 is 12.0 Å². The van der Waals surface area contributed by atoms with Crippen molar-refractivity contribution in [2.24, 2.45) is 0 Å². The van der Waals surface area contributed by atoms with Gasteiger partial charge in [0.05, 0.1) is 25.4 Å². The molecule has 2 aromatic rings. The molecule has 0 aromatic carbocycles. The minimum Gasteiger partial charge on any atom is -0.476 e. The smallest absolute Gasteiger partial charge is 0.356 e. The van der Waals surface area contributed by atoms with Crippen LogP contribution in [0.4, 0.5) is 4.79 Å². The molecule has 2 heterocycles. The second kappa shape index (κ2) is 6.60. The summed E-state index contributed by atoms with van der Waals surface area (Å²) in [6, 6.07) is 1.58. The standard InChI is InChI=1S/C13H16N4O4/c1-16(6-10-2-5-21-8-10)13(20)14-3-4-17-7-11(12(18)19)15-9-17/h2,5,7-9H,3-4,6H2,1H3,(H,14,20)(H,18,19). The zero-order valence-corrected chi connectivity index (χ0v) is 11.5. The molecule has 8 nitrogen and oxygen atoms in total. The van der Waals surface area contributed by atoms with E-state index in [4.69, 9.17) is 9.52 Å². The van der Waals surface area contributed by atoms with E-state index >= 15 is 0 Å². The molecule has 0 aliphatic carbocycles. The third-order valence-electron chi connectivity index (χ3n) is 2.85. The Bertz CT molecular complexity index is 605. The number of aromatic nitrogens is 2. The van der Waals surface area contributed by atoms with Crippen molar-refractivity contribution in [1.82, 2.24) is 19.8 Å². The van der Waals surface area contributed by atoms with Gasteiger partial charge < -0.3 is 24.3 Å². The lowest BCUT2D eigenvalue weighted by molar-refractivity contribution is 0.0691. The van der Waals surface area contributed by atoms with Crippen LogP contribution < -0.4 is 5.32 Å². The number of hydrogen-bond donors (Lipinski definition) is 2. The van der Waals surface area contributed by atoms with Crippen LogP contribution in [0.25, 0.3) is 0 Å². The fourth-order valence-corrected chi connectivity index (χ4v) is 1.75. The third kappa shape index (κ3) is 4.10. The summed E-state index contributed by atoms with van der Waals surface area (Å²) in [7, 11) is 1.68. The van der Waals surface area contributed by atoms with Crippen LogP contribution in [0.15, 0.2) is 35.5 Å². The number of imidazole rings is 1. The zero-order chi connectivity index (χ0) is 15.2. The molecule has 0 saturated heterocycles. The van der Waals surface area contributed by atoms with Crippen LogP contribution in [0.1, 0.15) is 16.1 Å². The molecule has 21 heavy (non-hydrogen) atoms. The molecule has 0 fully saturated rings. The Morgan fingerprint density at radius 1 is 1.52 bits per heavy atom. The average Bonchev–Trinajstić information content (AvgIpc) is 3.09. The number of urea groups is 1. The van der Waals surface area contributed by atoms with Crippen LogP contribution in [0.5, 0.6) is 0 Å². The number of amides is 2. The number of nitrogens with zero attached hydrogens (tertiary/aromatic N) is 3. The lowest BCUT2D eigenvalue weighted by atomic mass is 10.3. The van der Waals surface area contributed by atoms with Gasteiger partial charge in [0.15, 0.2) is 5.69 Å². The maximum Gasteiger partial charge on any atom is 0.356 e. The van der Waals surface area contributed by atoms with Crippen molar-refractivity contribution in [1.29, 1.82) is 0 Å². The van der Waals surface area contributed by atoms with Crippen molar-refractivity contribution in [3.8, 4) is 0 Å². The van der Waals surface area contributed by atoms with Crippen molar-refractivity contribution in [2.75, 3.05) is 13.6 Å². The summed E-state index contributed by atoms with van der Waals surface area (Å²) in [4.78, 5) is 27.8. The van der Waals surface area contributed by atoms with Gasteiger partial charge in [0.25, 0.3) is 0 Å². The molecule has 0 spiro atoms. The number of nitrogens with one attached hydrogen (secondary N) is 1. The Labute approximate surface area is 121 Å². The average molecular weight is 292 g/mol. The molecular formula is C13H16N4O4. The Morgan fingerprint density at radius 3 is 2.95 bits per heavy atom. The lowest BCUT2D eigenvalue weighted by Gasteiger charge is -2.17. The Hall–Kier alpha value is -2.77. The second-order valence-corrected chi connectivity index (χ2v) is 4.52. The molecule has 2 N–H and O–H groups in total. The topological polar surface area (TPSA) is 101 Å². The summed E-state index contributed by atoms with van der Waals surface area (Å²) in [6.07, 6.45) is 5.98. The van der Waals surface area contributed by atoms with Gasteiger partial charge in [-0.3, -0.25) is 0 Å². The van der Waals surface area contributed by atoms with Crippen LogP contribution in [-0.4, -0.2) is 45.2 Å². The quantitative estimate of drug-likeness (QED) is 0.827. The molecule has 8 heteroatoms. The van der Waals surface area contributed by atoms with Gasteiger partial charge in [0, 0.05) is 31.9 Å². The van der Waals surface area contributed by atoms with E-state index in [-0.39, 0.29) is 11.7 Å². The summed E-state index contributed by atoms with van der Waals surface area (Å²) in [6.45, 7) is 1.28. The molecule has 0 saturated carbocycles. The fraction of sp³-hybridized carbons (Fsp3) is 0.308. The zero-order valence-electron chi connectivity index (χ0n) is 11.5. The maximum atomic E-state index is 11.8. The monoisotopic (exact) mass is 292 g/mol. The Balaban J connectivity index is 1.74. The number of carbonyl (C=O) groups excluding carboxylic acids is 1. The first kappa shape index (κ1) is 14.6. The fourth-order valence-electron chi connectivity index (χ4n) is 1.75. The predicted molar refractivity (Wildman–Crippen MR) is 72.8 cm³/mol. The number of furan rings is 1. The molecule has 0 aliphatic heterocycles. The molecule has 0 aliphatic rings. The van der Waals surface area contributed by atoms with Crippen molar-refractivity contribution in [2.45, 2.75) is 13.1 Å². The number of rotatable bonds is 6. The van der Waals surface area contributed by atoms with E-state index in [1.165, 1.54) is 17.4 Å². The number of hydrogen-bond acceptors (Lipinski definition) is 4. The Kier molecular flexibility index (Phi) is 4.60. The predicted octanol–water partition coefficient (Wildman–Crippen LogP) is 1.02. The molecule has 0 radical (unpaired) electrons.